The number of ether oxygens (including phenoxy) is 1. The molecule has 3 rings (SSSR count). The molecule has 0 bridgehead atoms. The van der Waals surface area contributed by atoms with E-state index in [4.69, 9.17) is 27.9 Å². The second-order valence-electron chi connectivity index (χ2n) is 6.51. The van der Waals surface area contributed by atoms with Crippen LogP contribution in [0.25, 0.3) is 0 Å². The number of para-hydroxylation sites is 1. The first-order valence-corrected chi connectivity index (χ1v) is 9.99. The van der Waals surface area contributed by atoms with Crippen molar-refractivity contribution in [3.63, 3.8) is 0 Å². The van der Waals surface area contributed by atoms with Crippen LogP contribution in [0.2, 0.25) is 10.0 Å². The fourth-order valence-electron chi connectivity index (χ4n) is 2.73. The van der Waals surface area contributed by atoms with Crippen LogP contribution in [0.5, 0.6) is 5.75 Å². The SMILES string of the molecule is Cc1ccccc1NC(=O)NN=Cc1cc(Cl)c(OCc2ccccc2C#N)c(Cl)c1. The van der Waals surface area contributed by atoms with E-state index in [2.05, 4.69) is 21.9 Å². The van der Waals surface area contributed by atoms with Gasteiger partial charge in [0.2, 0.25) is 0 Å². The molecule has 6 nitrogen and oxygen atoms in total. The van der Waals surface area contributed by atoms with Crippen molar-refractivity contribution in [1.82, 2.24) is 5.43 Å². The molecule has 0 saturated carbocycles. The zero-order valence-electron chi connectivity index (χ0n) is 16.5. The highest BCUT2D eigenvalue weighted by atomic mass is 35.5. The van der Waals surface area contributed by atoms with Gasteiger partial charge in [0.05, 0.1) is 27.9 Å². The molecule has 0 aliphatic carbocycles. The average molecular weight is 453 g/mol. The summed E-state index contributed by atoms with van der Waals surface area (Å²) < 4.78 is 5.73. The highest BCUT2D eigenvalue weighted by Gasteiger charge is 2.11. The molecule has 0 aliphatic rings. The molecule has 0 spiro atoms. The number of aryl methyl sites for hydroxylation is 1. The molecule has 3 aromatic carbocycles. The summed E-state index contributed by atoms with van der Waals surface area (Å²) in [4.78, 5) is 12.0. The lowest BCUT2D eigenvalue weighted by Crippen LogP contribution is -2.24. The number of halogens is 2. The second-order valence-corrected chi connectivity index (χ2v) is 7.32. The van der Waals surface area contributed by atoms with Gasteiger partial charge in [0.15, 0.2) is 5.75 Å². The van der Waals surface area contributed by atoms with Crippen molar-refractivity contribution in [3.05, 3.63) is 93.0 Å². The molecular weight excluding hydrogens is 435 g/mol. The molecule has 8 heteroatoms. The highest BCUT2D eigenvalue weighted by Crippen LogP contribution is 2.34. The van der Waals surface area contributed by atoms with Crippen molar-refractivity contribution < 1.29 is 9.53 Å². The number of anilines is 1. The largest absolute Gasteiger partial charge is 0.486 e. The van der Waals surface area contributed by atoms with Crippen LogP contribution in [0.3, 0.4) is 0 Å². The van der Waals surface area contributed by atoms with Crippen molar-refractivity contribution in [3.8, 4) is 11.8 Å². The minimum absolute atomic E-state index is 0.150. The Morgan fingerprint density at radius 1 is 1.13 bits per heavy atom. The average Bonchev–Trinajstić information content (AvgIpc) is 2.75. The molecule has 0 heterocycles. The Balaban J connectivity index is 1.62. The summed E-state index contributed by atoms with van der Waals surface area (Å²) in [5.41, 5.74) is 5.85. The van der Waals surface area contributed by atoms with Crippen molar-refractivity contribution >= 4 is 41.1 Å². The molecule has 0 radical (unpaired) electrons. The van der Waals surface area contributed by atoms with Crippen molar-refractivity contribution in [1.29, 1.82) is 5.26 Å². The Morgan fingerprint density at radius 2 is 1.81 bits per heavy atom. The molecule has 31 heavy (non-hydrogen) atoms. The molecule has 2 amide bonds. The van der Waals surface area contributed by atoms with E-state index in [1.54, 1.807) is 36.4 Å². The van der Waals surface area contributed by atoms with Crippen LogP contribution in [-0.4, -0.2) is 12.2 Å². The summed E-state index contributed by atoms with van der Waals surface area (Å²) >= 11 is 12.6. The number of hydrogen-bond acceptors (Lipinski definition) is 4. The topological polar surface area (TPSA) is 86.5 Å². The molecule has 0 aromatic heterocycles. The predicted octanol–water partition coefficient (Wildman–Crippen LogP) is 5.91. The van der Waals surface area contributed by atoms with Gasteiger partial charge in [-0.3, -0.25) is 0 Å². The van der Waals surface area contributed by atoms with E-state index in [1.807, 2.05) is 31.2 Å². The zero-order chi connectivity index (χ0) is 22.2. The molecule has 0 fully saturated rings. The molecule has 3 aromatic rings. The van der Waals surface area contributed by atoms with Gasteiger partial charge in [0.25, 0.3) is 0 Å². The van der Waals surface area contributed by atoms with Crippen LogP contribution in [0, 0.1) is 18.3 Å². The highest BCUT2D eigenvalue weighted by molar-refractivity contribution is 6.37. The first-order valence-electron chi connectivity index (χ1n) is 9.23. The van der Waals surface area contributed by atoms with Gasteiger partial charge in [0, 0.05) is 11.3 Å². The van der Waals surface area contributed by atoms with Crippen LogP contribution in [0.4, 0.5) is 10.5 Å². The molecule has 0 unspecified atom stereocenters. The minimum atomic E-state index is -0.473. The number of hydrogen-bond donors (Lipinski definition) is 2. The Labute approximate surface area is 190 Å². The number of carbonyl (C=O) groups excluding carboxylic acids is 1. The third-order valence-corrected chi connectivity index (χ3v) is 4.86. The van der Waals surface area contributed by atoms with Crippen LogP contribution in [0.1, 0.15) is 22.3 Å². The maximum atomic E-state index is 12.0. The summed E-state index contributed by atoms with van der Waals surface area (Å²) in [6.07, 6.45) is 1.42. The van der Waals surface area contributed by atoms with Crippen molar-refractivity contribution in [2.24, 2.45) is 5.10 Å². The van der Waals surface area contributed by atoms with E-state index in [0.717, 1.165) is 11.1 Å². The predicted molar refractivity (Wildman–Crippen MR) is 123 cm³/mol. The summed E-state index contributed by atoms with van der Waals surface area (Å²) in [5, 5.41) is 16.4. The minimum Gasteiger partial charge on any atom is -0.486 e. The normalized spacial score (nSPS) is 10.5. The smallest absolute Gasteiger partial charge is 0.339 e. The van der Waals surface area contributed by atoms with Crippen LogP contribution >= 0.6 is 23.2 Å². The van der Waals surface area contributed by atoms with Gasteiger partial charge in [-0.25, -0.2) is 10.2 Å². The van der Waals surface area contributed by atoms with E-state index in [0.29, 0.717) is 22.6 Å². The summed E-state index contributed by atoms with van der Waals surface area (Å²) in [6, 6.07) is 19.4. The fraction of sp³-hybridized carbons (Fsp3) is 0.0870. The number of carbonyl (C=O) groups is 1. The summed E-state index contributed by atoms with van der Waals surface area (Å²) in [7, 11) is 0. The third-order valence-electron chi connectivity index (χ3n) is 4.30. The van der Waals surface area contributed by atoms with E-state index in [9.17, 15) is 10.1 Å². The number of amides is 2. The van der Waals surface area contributed by atoms with Gasteiger partial charge in [-0.2, -0.15) is 10.4 Å². The first kappa shape index (κ1) is 22.2. The van der Waals surface area contributed by atoms with Crippen LogP contribution in [0.15, 0.2) is 65.8 Å². The molecule has 0 saturated heterocycles. The number of benzene rings is 3. The Hall–Kier alpha value is -3.53. The fourth-order valence-corrected chi connectivity index (χ4v) is 3.34. The van der Waals surface area contributed by atoms with E-state index < -0.39 is 6.03 Å². The Kier molecular flexibility index (Phi) is 7.50. The monoisotopic (exact) mass is 452 g/mol. The number of urea groups is 1. The molecular formula is C23H18Cl2N4O2. The van der Waals surface area contributed by atoms with Gasteiger partial charge >= 0.3 is 6.03 Å². The summed E-state index contributed by atoms with van der Waals surface area (Å²) in [6.45, 7) is 2.04. The van der Waals surface area contributed by atoms with Crippen molar-refractivity contribution in [2.45, 2.75) is 13.5 Å². The van der Waals surface area contributed by atoms with Gasteiger partial charge in [0.1, 0.15) is 6.61 Å². The van der Waals surface area contributed by atoms with Crippen LogP contribution < -0.4 is 15.5 Å². The number of nitrogens with zero attached hydrogens (tertiary/aromatic N) is 2. The maximum Gasteiger partial charge on any atom is 0.339 e. The lowest BCUT2D eigenvalue weighted by atomic mass is 10.1. The maximum absolute atomic E-state index is 12.0. The Bertz CT molecular complexity index is 1150. The van der Waals surface area contributed by atoms with Gasteiger partial charge in [-0.15, -0.1) is 0 Å². The zero-order valence-corrected chi connectivity index (χ0v) is 18.0. The molecule has 2 N–H and O–H groups in total. The Morgan fingerprint density at radius 3 is 2.52 bits per heavy atom. The molecule has 156 valence electrons. The van der Waals surface area contributed by atoms with E-state index in [-0.39, 0.29) is 16.7 Å². The van der Waals surface area contributed by atoms with E-state index in [1.165, 1.54) is 6.21 Å². The quantitative estimate of drug-likeness (QED) is 0.360. The number of nitrogens with one attached hydrogen (secondary N) is 2. The van der Waals surface area contributed by atoms with Gasteiger partial charge in [-0.05, 0) is 42.3 Å². The van der Waals surface area contributed by atoms with Gasteiger partial charge in [-0.1, -0.05) is 59.6 Å². The van der Waals surface area contributed by atoms with Crippen molar-refractivity contribution in [2.75, 3.05) is 5.32 Å². The molecule has 0 aliphatic heterocycles. The lowest BCUT2D eigenvalue weighted by Gasteiger charge is -2.11. The lowest BCUT2D eigenvalue weighted by molar-refractivity contribution is 0.252. The number of nitriles is 1. The number of hydrazone groups is 1. The standard InChI is InChI=1S/C23H18Cl2N4O2/c1-15-6-2-5-9-21(15)28-23(30)29-27-13-16-10-19(24)22(20(25)11-16)31-14-18-8-4-3-7-17(18)12-26/h2-11,13H,14H2,1H3,(H2,28,29,30). The van der Waals surface area contributed by atoms with E-state index >= 15 is 0 Å². The van der Waals surface area contributed by atoms with Gasteiger partial charge < -0.3 is 10.1 Å². The third kappa shape index (κ3) is 5.98. The first-order chi connectivity index (χ1) is 15.0. The van der Waals surface area contributed by atoms with Crippen LogP contribution in [-0.2, 0) is 6.61 Å². The second kappa shape index (κ2) is 10.5. The number of rotatable bonds is 6. The molecule has 0 atom stereocenters. The summed E-state index contributed by atoms with van der Waals surface area (Å²) in [5.74, 6) is 0.304.